The summed E-state index contributed by atoms with van der Waals surface area (Å²) in [7, 11) is 0. The van der Waals surface area contributed by atoms with Crippen LogP contribution in [0.1, 0.15) is 43.0 Å². The Morgan fingerprint density at radius 1 is 1.00 bits per heavy atom. The van der Waals surface area contributed by atoms with Crippen molar-refractivity contribution in [3.63, 3.8) is 0 Å². The molecule has 1 aliphatic carbocycles. The third kappa shape index (κ3) is 4.51. The van der Waals surface area contributed by atoms with E-state index >= 15 is 0 Å². The molecule has 2 fully saturated rings. The van der Waals surface area contributed by atoms with Gasteiger partial charge in [-0.1, -0.05) is 0 Å². The van der Waals surface area contributed by atoms with Crippen LogP contribution in [0.2, 0.25) is 0 Å². The maximum Gasteiger partial charge on any atom is 0.317 e. The minimum Gasteiger partial charge on any atom is -0.393 e. The van der Waals surface area contributed by atoms with Crippen LogP contribution >= 0.6 is 0 Å². The van der Waals surface area contributed by atoms with Gasteiger partial charge in [-0.15, -0.1) is 0 Å². The largest absolute Gasteiger partial charge is 0.393 e. The summed E-state index contributed by atoms with van der Waals surface area (Å²) in [4.78, 5) is 27.9. The fourth-order valence-electron chi connectivity index (χ4n) is 3.56. The minimum absolute atomic E-state index is 0.00738. The van der Waals surface area contributed by atoms with Gasteiger partial charge in [0.1, 0.15) is 0 Å². The Morgan fingerprint density at radius 3 is 2.16 bits per heavy atom. The zero-order valence-corrected chi connectivity index (χ0v) is 14.8. The van der Waals surface area contributed by atoms with Crippen molar-refractivity contribution in [1.29, 1.82) is 0 Å². The molecule has 1 heterocycles. The second kappa shape index (κ2) is 7.87. The third-order valence-electron chi connectivity index (χ3n) is 5.23. The molecule has 1 aromatic rings. The topological polar surface area (TPSA) is 72.9 Å². The summed E-state index contributed by atoms with van der Waals surface area (Å²) in [5, 5.41) is 12.7. The van der Waals surface area contributed by atoms with Crippen molar-refractivity contribution in [3.05, 3.63) is 29.8 Å². The summed E-state index contributed by atoms with van der Waals surface area (Å²) >= 11 is 0. The first-order chi connectivity index (χ1) is 12.0. The Bertz CT molecular complexity index is 601. The van der Waals surface area contributed by atoms with E-state index in [-0.39, 0.29) is 24.0 Å². The van der Waals surface area contributed by atoms with Crippen molar-refractivity contribution in [2.45, 2.75) is 44.8 Å². The fraction of sp³-hybridized carbons (Fsp3) is 0.579. The van der Waals surface area contributed by atoms with Crippen molar-refractivity contribution < 1.29 is 14.7 Å². The van der Waals surface area contributed by atoms with Gasteiger partial charge in [-0.3, -0.25) is 4.79 Å². The molecule has 25 heavy (non-hydrogen) atoms. The number of carbonyl (C=O) groups is 2. The lowest BCUT2D eigenvalue weighted by Crippen LogP contribution is -2.54. The standard InChI is InChI=1S/C19H27N3O3/c1-14(23)15-2-6-17(7-3-15)21-10-12-22(13-11-21)19(25)20-16-4-8-18(24)9-5-16/h2-3,6-7,16,18,24H,4-5,8-13H2,1H3,(H,20,25). The Kier molecular flexibility index (Phi) is 5.58. The molecule has 1 aromatic carbocycles. The van der Waals surface area contributed by atoms with Gasteiger partial charge in [0.05, 0.1) is 6.10 Å². The highest BCUT2D eigenvalue weighted by molar-refractivity contribution is 5.94. The molecule has 2 aliphatic rings. The van der Waals surface area contributed by atoms with Crippen molar-refractivity contribution in [2.75, 3.05) is 31.1 Å². The lowest BCUT2D eigenvalue weighted by molar-refractivity contribution is 0.101. The smallest absolute Gasteiger partial charge is 0.317 e. The molecular formula is C19H27N3O3. The van der Waals surface area contributed by atoms with Gasteiger partial charge in [0.25, 0.3) is 0 Å². The fourth-order valence-corrected chi connectivity index (χ4v) is 3.56. The molecule has 136 valence electrons. The molecule has 2 N–H and O–H groups in total. The van der Waals surface area contributed by atoms with Crippen molar-refractivity contribution in [3.8, 4) is 0 Å². The van der Waals surface area contributed by atoms with Crippen LogP contribution < -0.4 is 10.2 Å². The molecular weight excluding hydrogens is 318 g/mol. The lowest BCUT2D eigenvalue weighted by atomic mass is 9.93. The van der Waals surface area contributed by atoms with Gasteiger partial charge in [0.15, 0.2) is 5.78 Å². The molecule has 0 aromatic heterocycles. The van der Waals surface area contributed by atoms with Crippen LogP contribution in [0.3, 0.4) is 0 Å². The highest BCUT2D eigenvalue weighted by atomic mass is 16.3. The summed E-state index contributed by atoms with van der Waals surface area (Å²) in [6, 6.07) is 7.85. The van der Waals surface area contributed by atoms with Crippen LogP contribution in [0.5, 0.6) is 0 Å². The van der Waals surface area contributed by atoms with Crippen molar-refractivity contribution in [1.82, 2.24) is 10.2 Å². The monoisotopic (exact) mass is 345 g/mol. The van der Waals surface area contributed by atoms with Crippen molar-refractivity contribution >= 4 is 17.5 Å². The summed E-state index contributed by atoms with van der Waals surface area (Å²) in [6.45, 7) is 4.52. The number of aliphatic hydroxyl groups is 1. The number of anilines is 1. The van der Waals surface area contributed by atoms with Gasteiger partial charge in [0, 0.05) is 43.5 Å². The van der Waals surface area contributed by atoms with Crippen LogP contribution in [0.15, 0.2) is 24.3 Å². The molecule has 0 atom stereocenters. The number of hydrogen-bond donors (Lipinski definition) is 2. The maximum absolute atomic E-state index is 12.4. The molecule has 1 aliphatic heterocycles. The summed E-state index contributed by atoms with van der Waals surface area (Å²) in [5.41, 5.74) is 1.81. The number of nitrogens with zero attached hydrogens (tertiary/aromatic N) is 2. The zero-order valence-electron chi connectivity index (χ0n) is 14.8. The number of benzene rings is 1. The molecule has 1 saturated carbocycles. The Balaban J connectivity index is 1.48. The second-order valence-electron chi connectivity index (χ2n) is 7.03. The summed E-state index contributed by atoms with van der Waals surface area (Å²) in [5.74, 6) is 0.0725. The molecule has 0 unspecified atom stereocenters. The quantitative estimate of drug-likeness (QED) is 0.822. The predicted octanol–water partition coefficient (Wildman–Crippen LogP) is 2.02. The molecule has 0 bridgehead atoms. The van der Waals surface area contributed by atoms with E-state index in [0.717, 1.165) is 50.0 Å². The number of piperazine rings is 1. The van der Waals surface area contributed by atoms with E-state index in [2.05, 4.69) is 10.2 Å². The maximum atomic E-state index is 12.4. The number of aliphatic hydroxyl groups excluding tert-OH is 1. The molecule has 0 radical (unpaired) electrons. The average Bonchev–Trinajstić information content (AvgIpc) is 2.64. The highest BCUT2D eigenvalue weighted by Gasteiger charge is 2.25. The molecule has 0 spiro atoms. The molecule has 6 heteroatoms. The van der Waals surface area contributed by atoms with E-state index in [4.69, 9.17) is 0 Å². The molecule has 3 rings (SSSR count). The first-order valence-electron chi connectivity index (χ1n) is 9.12. The number of amides is 2. The second-order valence-corrected chi connectivity index (χ2v) is 7.03. The van der Waals surface area contributed by atoms with Crippen molar-refractivity contribution in [2.24, 2.45) is 0 Å². The average molecular weight is 345 g/mol. The van der Waals surface area contributed by atoms with E-state index < -0.39 is 0 Å². The van der Waals surface area contributed by atoms with Gasteiger partial charge in [-0.25, -0.2) is 4.79 Å². The van der Waals surface area contributed by atoms with E-state index in [1.807, 2.05) is 29.2 Å². The van der Waals surface area contributed by atoms with Crippen LogP contribution in [0.25, 0.3) is 0 Å². The normalized spacial score (nSPS) is 24.1. The summed E-state index contributed by atoms with van der Waals surface area (Å²) in [6.07, 6.45) is 3.06. The first kappa shape index (κ1) is 17.7. The zero-order chi connectivity index (χ0) is 17.8. The SMILES string of the molecule is CC(=O)c1ccc(N2CCN(C(=O)NC3CCC(O)CC3)CC2)cc1. The molecule has 6 nitrogen and oxygen atoms in total. The number of nitrogens with one attached hydrogen (secondary N) is 1. The van der Waals surface area contributed by atoms with Crippen LogP contribution in [-0.2, 0) is 0 Å². The van der Waals surface area contributed by atoms with Gasteiger partial charge in [-0.2, -0.15) is 0 Å². The highest BCUT2D eigenvalue weighted by Crippen LogP contribution is 2.20. The van der Waals surface area contributed by atoms with E-state index in [1.165, 1.54) is 0 Å². The Hall–Kier alpha value is -2.08. The number of ketones is 1. The van der Waals surface area contributed by atoms with Crippen LogP contribution in [0.4, 0.5) is 10.5 Å². The van der Waals surface area contributed by atoms with Crippen LogP contribution in [-0.4, -0.2) is 60.1 Å². The lowest BCUT2D eigenvalue weighted by Gasteiger charge is -2.37. The van der Waals surface area contributed by atoms with E-state index in [1.54, 1.807) is 6.92 Å². The molecule has 2 amide bonds. The Labute approximate surface area is 148 Å². The van der Waals surface area contributed by atoms with E-state index in [9.17, 15) is 14.7 Å². The van der Waals surface area contributed by atoms with E-state index in [0.29, 0.717) is 13.1 Å². The van der Waals surface area contributed by atoms with Gasteiger partial charge in [-0.05, 0) is 56.9 Å². The Morgan fingerprint density at radius 2 is 1.60 bits per heavy atom. The minimum atomic E-state index is -0.203. The van der Waals surface area contributed by atoms with Gasteiger partial charge in [0.2, 0.25) is 0 Å². The predicted molar refractivity (Wildman–Crippen MR) is 97.0 cm³/mol. The number of rotatable bonds is 3. The summed E-state index contributed by atoms with van der Waals surface area (Å²) < 4.78 is 0. The van der Waals surface area contributed by atoms with Gasteiger partial charge >= 0.3 is 6.03 Å². The number of hydrogen-bond acceptors (Lipinski definition) is 4. The molecule has 1 saturated heterocycles. The number of carbonyl (C=O) groups excluding carboxylic acids is 2. The number of urea groups is 1. The van der Waals surface area contributed by atoms with Crippen LogP contribution in [0, 0.1) is 0 Å². The first-order valence-corrected chi connectivity index (χ1v) is 9.12. The third-order valence-corrected chi connectivity index (χ3v) is 5.23. The van der Waals surface area contributed by atoms with Gasteiger partial charge < -0.3 is 20.2 Å². The number of Topliss-reactive ketones (excluding diaryl/α,β-unsaturated/α-hetero) is 1.